The Morgan fingerprint density at radius 3 is 2.33 bits per heavy atom. The van der Waals surface area contributed by atoms with Gasteiger partial charge in [0.25, 0.3) is 5.91 Å². The minimum atomic E-state index is -0.0213. The third-order valence-corrected chi connectivity index (χ3v) is 2.59. The molecule has 0 heterocycles. The first-order valence-corrected chi connectivity index (χ1v) is 6.60. The van der Waals surface area contributed by atoms with Crippen LogP contribution in [0.15, 0.2) is 24.3 Å². The highest BCUT2D eigenvalue weighted by Crippen LogP contribution is 2.14. The van der Waals surface area contributed by atoms with Gasteiger partial charge in [-0.3, -0.25) is 4.79 Å². The predicted octanol–water partition coefficient (Wildman–Crippen LogP) is 3.39. The number of nitrogens with one attached hydrogen (secondary N) is 1. The van der Waals surface area contributed by atoms with Crippen LogP contribution in [0.25, 0.3) is 0 Å². The fourth-order valence-electron chi connectivity index (χ4n) is 1.77. The Kier molecular flexibility index (Phi) is 5.69. The van der Waals surface area contributed by atoms with Crippen LogP contribution in [0.1, 0.15) is 50.9 Å². The van der Waals surface area contributed by atoms with Crippen molar-refractivity contribution in [1.29, 1.82) is 0 Å². The standard InChI is InChI=1S/C15H23NO2/c1-5-6-12(4)16-15(17)13-7-9-14(10-8-13)18-11(2)3/h7-12H,5-6H2,1-4H3,(H,16,17). The summed E-state index contributed by atoms with van der Waals surface area (Å²) >= 11 is 0. The molecule has 18 heavy (non-hydrogen) atoms. The number of hydrogen-bond donors (Lipinski definition) is 1. The number of hydrogen-bond acceptors (Lipinski definition) is 2. The Bertz CT molecular complexity index is 371. The summed E-state index contributed by atoms with van der Waals surface area (Å²) in [4.78, 5) is 11.9. The topological polar surface area (TPSA) is 38.3 Å². The molecule has 1 aromatic carbocycles. The van der Waals surface area contributed by atoms with E-state index in [2.05, 4.69) is 12.2 Å². The minimum absolute atomic E-state index is 0.0213. The lowest BCUT2D eigenvalue weighted by Gasteiger charge is -2.13. The van der Waals surface area contributed by atoms with Crippen LogP contribution in [0.4, 0.5) is 0 Å². The van der Waals surface area contributed by atoms with Crippen LogP contribution >= 0.6 is 0 Å². The maximum Gasteiger partial charge on any atom is 0.251 e. The molecular formula is C15H23NO2. The molecule has 0 aromatic heterocycles. The molecule has 1 unspecified atom stereocenters. The first kappa shape index (κ1) is 14.6. The molecule has 0 aliphatic heterocycles. The van der Waals surface area contributed by atoms with Gasteiger partial charge in [0.15, 0.2) is 0 Å². The van der Waals surface area contributed by atoms with Crippen molar-refractivity contribution >= 4 is 5.91 Å². The van der Waals surface area contributed by atoms with Crippen molar-refractivity contribution < 1.29 is 9.53 Å². The Labute approximate surface area is 110 Å². The number of ether oxygens (including phenoxy) is 1. The molecule has 3 heteroatoms. The highest BCUT2D eigenvalue weighted by atomic mass is 16.5. The number of carbonyl (C=O) groups excluding carboxylic acids is 1. The summed E-state index contributed by atoms with van der Waals surface area (Å²) in [7, 11) is 0. The summed E-state index contributed by atoms with van der Waals surface area (Å²) in [5.74, 6) is 0.773. The van der Waals surface area contributed by atoms with Gasteiger partial charge in [-0.05, 0) is 51.5 Å². The summed E-state index contributed by atoms with van der Waals surface area (Å²) in [5.41, 5.74) is 0.675. The fraction of sp³-hybridized carbons (Fsp3) is 0.533. The highest BCUT2D eigenvalue weighted by molar-refractivity contribution is 5.94. The van der Waals surface area contributed by atoms with E-state index in [1.54, 1.807) is 12.1 Å². The van der Waals surface area contributed by atoms with Crippen molar-refractivity contribution in [2.75, 3.05) is 0 Å². The molecule has 0 saturated heterocycles. The van der Waals surface area contributed by atoms with Crippen LogP contribution in [0, 0.1) is 0 Å². The summed E-state index contributed by atoms with van der Waals surface area (Å²) < 4.78 is 5.54. The lowest BCUT2D eigenvalue weighted by atomic mass is 10.1. The quantitative estimate of drug-likeness (QED) is 0.839. The van der Waals surface area contributed by atoms with Gasteiger partial charge in [0.05, 0.1) is 6.10 Å². The third kappa shape index (κ3) is 4.78. The summed E-state index contributed by atoms with van der Waals surface area (Å²) in [6.45, 7) is 8.10. The average Bonchev–Trinajstić information content (AvgIpc) is 2.29. The van der Waals surface area contributed by atoms with Crippen molar-refractivity contribution in [1.82, 2.24) is 5.32 Å². The second kappa shape index (κ2) is 7.04. The van der Waals surface area contributed by atoms with Gasteiger partial charge in [0, 0.05) is 11.6 Å². The second-order valence-electron chi connectivity index (χ2n) is 4.85. The van der Waals surface area contributed by atoms with Gasteiger partial charge >= 0.3 is 0 Å². The Morgan fingerprint density at radius 1 is 1.22 bits per heavy atom. The van der Waals surface area contributed by atoms with Crippen molar-refractivity contribution in [2.45, 2.75) is 52.7 Å². The molecule has 3 nitrogen and oxygen atoms in total. The van der Waals surface area contributed by atoms with Crippen LogP contribution in [0.3, 0.4) is 0 Å². The fourth-order valence-corrected chi connectivity index (χ4v) is 1.77. The Morgan fingerprint density at radius 2 is 1.83 bits per heavy atom. The highest BCUT2D eigenvalue weighted by Gasteiger charge is 2.09. The molecule has 0 saturated carbocycles. The summed E-state index contributed by atoms with van der Waals surface area (Å²) in [6, 6.07) is 7.48. The molecule has 0 spiro atoms. The van der Waals surface area contributed by atoms with Crippen LogP contribution in [0.2, 0.25) is 0 Å². The van der Waals surface area contributed by atoms with Crippen molar-refractivity contribution in [3.05, 3.63) is 29.8 Å². The van der Waals surface area contributed by atoms with Crippen LogP contribution in [0.5, 0.6) is 5.75 Å². The van der Waals surface area contributed by atoms with Crippen molar-refractivity contribution in [3.63, 3.8) is 0 Å². The number of benzene rings is 1. The number of rotatable bonds is 6. The van der Waals surface area contributed by atoms with Gasteiger partial charge in [-0.25, -0.2) is 0 Å². The van der Waals surface area contributed by atoms with Gasteiger partial charge in [0.1, 0.15) is 5.75 Å². The molecule has 0 aliphatic carbocycles. The van der Waals surface area contributed by atoms with E-state index in [0.29, 0.717) is 5.56 Å². The number of carbonyl (C=O) groups is 1. The monoisotopic (exact) mass is 249 g/mol. The van der Waals surface area contributed by atoms with Crippen LogP contribution in [-0.2, 0) is 0 Å². The average molecular weight is 249 g/mol. The lowest BCUT2D eigenvalue weighted by Crippen LogP contribution is -2.32. The summed E-state index contributed by atoms with van der Waals surface area (Å²) in [5, 5.41) is 2.98. The Balaban J connectivity index is 2.59. The van der Waals surface area contributed by atoms with E-state index in [0.717, 1.165) is 18.6 Å². The molecule has 0 aliphatic rings. The molecule has 1 atom stereocenters. The smallest absolute Gasteiger partial charge is 0.251 e. The van der Waals surface area contributed by atoms with E-state index in [1.807, 2.05) is 32.9 Å². The van der Waals surface area contributed by atoms with E-state index in [4.69, 9.17) is 4.74 Å². The first-order chi connectivity index (χ1) is 8.52. The Hall–Kier alpha value is -1.51. The molecule has 1 aromatic rings. The summed E-state index contributed by atoms with van der Waals surface area (Å²) in [6.07, 6.45) is 2.22. The van der Waals surface area contributed by atoms with Gasteiger partial charge < -0.3 is 10.1 Å². The molecule has 1 rings (SSSR count). The molecule has 1 N–H and O–H groups in total. The third-order valence-electron chi connectivity index (χ3n) is 2.59. The van der Waals surface area contributed by atoms with E-state index in [1.165, 1.54) is 0 Å². The largest absolute Gasteiger partial charge is 0.491 e. The van der Waals surface area contributed by atoms with Gasteiger partial charge in [-0.1, -0.05) is 13.3 Å². The zero-order valence-electron chi connectivity index (χ0n) is 11.7. The maximum atomic E-state index is 11.9. The molecule has 100 valence electrons. The predicted molar refractivity (Wildman–Crippen MR) is 74.0 cm³/mol. The van der Waals surface area contributed by atoms with Gasteiger partial charge in [-0.15, -0.1) is 0 Å². The molecule has 0 fully saturated rings. The van der Waals surface area contributed by atoms with Crippen molar-refractivity contribution in [3.8, 4) is 5.75 Å². The molecule has 0 bridgehead atoms. The van der Waals surface area contributed by atoms with E-state index in [-0.39, 0.29) is 18.1 Å². The van der Waals surface area contributed by atoms with E-state index >= 15 is 0 Å². The second-order valence-corrected chi connectivity index (χ2v) is 4.85. The molecular weight excluding hydrogens is 226 g/mol. The lowest BCUT2D eigenvalue weighted by molar-refractivity contribution is 0.0938. The first-order valence-electron chi connectivity index (χ1n) is 6.60. The normalized spacial score (nSPS) is 12.3. The molecule has 0 radical (unpaired) electrons. The van der Waals surface area contributed by atoms with Gasteiger partial charge in [0.2, 0.25) is 0 Å². The van der Waals surface area contributed by atoms with Gasteiger partial charge in [-0.2, -0.15) is 0 Å². The van der Waals surface area contributed by atoms with Crippen LogP contribution < -0.4 is 10.1 Å². The zero-order chi connectivity index (χ0) is 13.5. The zero-order valence-corrected chi connectivity index (χ0v) is 11.7. The number of amides is 1. The molecule has 1 amide bonds. The van der Waals surface area contributed by atoms with Crippen molar-refractivity contribution in [2.24, 2.45) is 0 Å². The van der Waals surface area contributed by atoms with Crippen LogP contribution in [-0.4, -0.2) is 18.1 Å². The van der Waals surface area contributed by atoms with E-state index < -0.39 is 0 Å². The minimum Gasteiger partial charge on any atom is -0.491 e. The SMILES string of the molecule is CCCC(C)NC(=O)c1ccc(OC(C)C)cc1. The van der Waals surface area contributed by atoms with E-state index in [9.17, 15) is 4.79 Å². The maximum absolute atomic E-state index is 11.9.